The van der Waals surface area contributed by atoms with Crippen molar-refractivity contribution < 1.29 is 28.3 Å². The molecule has 0 unspecified atom stereocenters. The van der Waals surface area contributed by atoms with Gasteiger partial charge in [0.15, 0.2) is 0 Å². The molecule has 0 aliphatic carbocycles. The van der Waals surface area contributed by atoms with Crippen LogP contribution >= 0.6 is 0 Å². The molecular weight excluding hydrogens is 347 g/mol. The van der Waals surface area contributed by atoms with Gasteiger partial charge in [0.2, 0.25) is 0 Å². The lowest BCUT2D eigenvalue weighted by Gasteiger charge is -2.08. The Morgan fingerprint density at radius 3 is 1.30 bits per heavy atom. The molecule has 0 amide bonds. The zero-order valence-corrected chi connectivity index (χ0v) is 15.9. The van der Waals surface area contributed by atoms with Crippen molar-refractivity contribution in [2.24, 2.45) is 0 Å². The quantitative estimate of drug-likeness (QED) is 0.608. The molecule has 0 aliphatic heterocycles. The molecule has 0 aromatic heterocycles. The second-order valence-corrected chi connectivity index (χ2v) is 5.40. The summed E-state index contributed by atoms with van der Waals surface area (Å²) in [5, 5.41) is 3.45. The molecule has 2 aromatic carbocycles. The predicted molar refractivity (Wildman–Crippen MR) is 106 cm³/mol. The molecule has 0 bridgehead atoms. The van der Waals surface area contributed by atoms with E-state index in [4.69, 9.17) is 28.3 Å². The van der Waals surface area contributed by atoms with Crippen LogP contribution in [-0.4, -0.2) is 36.1 Å². The van der Waals surface area contributed by atoms with E-state index in [1.165, 1.54) is 0 Å². The van der Waals surface area contributed by atoms with Crippen molar-refractivity contribution in [2.75, 3.05) is 28.4 Å². The first-order valence-electron chi connectivity index (χ1n) is 8.19. The van der Waals surface area contributed by atoms with Crippen LogP contribution < -0.4 is 30.2 Å². The van der Waals surface area contributed by atoms with E-state index in [0.29, 0.717) is 11.5 Å². The van der Waals surface area contributed by atoms with Gasteiger partial charge in [0, 0.05) is 20.9 Å². The Bertz CT molecular complexity index is 891. The minimum atomic E-state index is 0.0551. The van der Waals surface area contributed by atoms with Crippen LogP contribution in [0.25, 0.3) is 25.0 Å². The molecular formula is C20H23BO6. The van der Waals surface area contributed by atoms with Gasteiger partial charge in [-0.3, -0.25) is 0 Å². The zero-order chi connectivity index (χ0) is 19.5. The lowest BCUT2D eigenvalue weighted by Crippen LogP contribution is -2.26. The third-order valence-electron chi connectivity index (χ3n) is 3.55. The smallest absolute Gasteiger partial charge is 0.529 e. The molecule has 7 heteroatoms. The monoisotopic (exact) mass is 370 g/mol. The first-order chi connectivity index (χ1) is 13.2. The van der Waals surface area contributed by atoms with Gasteiger partial charge in [-0.15, -0.1) is 0 Å². The van der Waals surface area contributed by atoms with Crippen LogP contribution in [0, 0.1) is 0 Å². The Labute approximate surface area is 158 Å². The van der Waals surface area contributed by atoms with Gasteiger partial charge in [-0.05, 0) is 36.4 Å². The van der Waals surface area contributed by atoms with Gasteiger partial charge < -0.3 is 28.3 Å². The minimum absolute atomic E-state index is 0.0551. The highest BCUT2D eigenvalue weighted by Crippen LogP contribution is 2.07. The third-order valence-corrected chi connectivity index (χ3v) is 3.55. The highest BCUT2D eigenvalue weighted by atomic mass is 16.6. The highest BCUT2D eigenvalue weighted by Gasteiger charge is 2.01. The zero-order valence-electron chi connectivity index (χ0n) is 15.9. The lowest BCUT2D eigenvalue weighted by atomic mass is 10.2. The van der Waals surface area contributed by atoms with Gasteiger partial charge in [-0.2, -0.15) is 0 Å². The second kappa shape index (κ2) is 10.7. The molecule has 2 rings (SSSR count). The predicted octanol–water partition coefficient (Wildman–Crippen LogP) is -0.0515. The summed E-state index contributed by atoms with van der Waals surface area (Å²) in [7, 11) is 6.43. The summed E-state index contributed by atoms with van der Waals surface area (Å²) >= 11 is 0. The van der Waals surface area contributed by atoms with Gasteiger partial charge in [0.05, 0.1) is 53.5 Å². The molecule has 27 heavy (non-hydrogen) atoms. The summed E-state index contributed by atoms with van der Waals surface area (Å²) in [4.78, 5) is 0. The molecule has 6 nitrogen and oxygen atoms in total. The van der Waals surface area contributed by atoms with Crippen LogP contribution in [-0.2, 0) is 18.9 Å². The van der Waals surface area contributed by atoms with Gasteiger partial charge in [0.1, 0.15) is 11.5 Å². The van der Waals surface area contributed by atoms with Crippen molar-refractivity contribution in [3.05, 3.63) is 57.3 Å². The van der Waals surface area contributed by atoms with Crippen LogP contribution in [0.15, 0.2) is 36.4 Å². The fraction of sp³-hybridized carbons (Fsp3) is 0.200. The summed E-state index contributed by atoms with van der Waals surface area (Å²) in [5.74, 6) is 1.30. The van der Waals surface area contributed by atoms with Crippen LogP contribution in [0.3, 0.4) is 0 Å². The topological polar surface area (TPSA) is 55.4 Å². The van der Waals surface area contributed by atoms with Crippen molar-refractivity contribution in [1.82, 2.24) is 0 Å². The maximum Gasteiger partial charge on any atom is 0.576 e. The number of hydrogen-bond acceptors (Lipinski definition) is 6. The minimum Gasteiger partial charge on any atom is -0.529 e. The van der Waals surface area contributed by atoms with Gasteiger partial charge in [0.25, 0.3) is 0 Å². The van der Waals surface area contributed by atoms with E-state index >= 15 is 0 Å². The van der Waals surface area contributed by atoms with Crippen molar-refractivity contribution in [2.45, 2.75) is 0 Å². The maximum absolute atomic E-state index is 5.68. The normalized spacial score (nSPS) is 13.3. The molecule has 0 N–H and O–H groups in total. The Morgan fingerprint density at radius 2 is 0.926 bits per heavy atom. The molecule has 2 aromatic rings. The number of ether oxygens (including phenoxy) is 4. The number of methoxy groups -OCH3 is 4. The Hall–Kier alpha value is -3.22. The van der Waals surface area contributed by atoms with Crippen LogP contribution in [0.2, 0.25) is 0 Å². The number of hydrogen-bond donors (Lipinski definition) is 0. The van der Waals surface area contributed by atoms with E-state index in [0.717, 1.165) is 20.9 Å². The van der Waals surface area contributed by atoms with Crippen molar-refractivity contribution in [1.29, 1.82) is 0 Å². The third kappa shape index (κ3) is 5.92. The first-order valence-corrected chi connectivity index (χ1v) is 8.19. The second-order valence-electron chi connectivity index (χ2n) is 5.40. The van der Waals surface area contributed by atoms with E-state index < -0.39 is 0 Å². The summed E-state index contributed by atoms with van der Waals surface area (Å²) in [6, 6.07) is 11.1. The molecule has 0 atom stereocenters. The van der Waals surface area contributed by atoms with E-state index in [9.17, 15) is 0 Å². The standard InChI is InChI=1S/C20H23BO6/c1-22-11-15-5-7-19(9-17(15)13-24-3)26-21-27-20-8-6-16(12-23-2)18(10-20)14-25-4/h5-14,21H,1-4H3. The molecule has 0 fully saturated rings. The largest absolute Gasteiger partial charge is 0.576 e. The maximum atomic E-state index is 5.68. The molecule has 0 heterocycles. The fourth-order valence-electron chi connectivity index (χ4n) is 2.38. The van der Waals surface area contributed by atoms with Crippen LogP contribution in [0.1, 0.15) is 0 Å². The summed E-state index contributed by atoms with van der Waals surface area (Å²) < 4.78 is 31.7. The first kappa shape index (κ1) is 20.1. The molecule has 142 valence electrons. The number of rotatable bonds is 8. The average molecular weight is 370 g/mol. The molecule has 0 saturated heterocycles. The Balaban J connectivity index is 2.13. The van der Waals surface area contributed by atoms with Crippen LogP contribution in [0.4, 0.5) is 0 Å². The van der Waals surface area contributed by atoms with Crippen molar-refractivity contribution in [3.63, 3.8) is 0 Å². The van der Waals surface area contributed by atoms with E-state index in [-0.39, 0.29) is 7.69 Å². The average Bonchev–Trinajstić information content (AvgIpc) is 2.66. The SMILES string of the molecule is COC=c1ccc(OBOc2ccc(=COC)c(=COC)c2)cc1=COC. The van der Waals surface area contributed by atoms with Crippen molar-refractivity contribution in [3.8, 4) is 11.5 Å². The molecule has 0 radical (unpaired) electrons. The number of benzene rings is 2. The van der Waals surface area contributed by atoms with E-state index in [1.807, 2.05) is 36.4 Å². The Morgan fingerprint density at radius 1 is 0.556 bits per heavy atom. The summed E-state index contributed by atoms with van der Waals surface area (Å²) in [6.45, 7) is 0. The fourth-order valence-corrected chi connectivity index (χ4v) is 2.38. The molecule has 0 saturated carbocycles. The van der Waals surface area contributed by atoms with E-state index in [2.05, 4.69) is 0 Å². The molecule has 0 spiro atoms. The van der Waals surface area contributed by atoms with E-state index in [1.54, 1.807) is 53.5 Å². The Kier molecular flexibility index (Phi) is 7.97. The summed E-state index contributed by atoms with van der Waals surface area (Å²) in [5.41, 5.74) is 0. The summed E-state index contributed by atoms with van der Waals surface area (Å²) in [6.07, 6.45) is 6.52. The van der Waals surface area contributed by atoms with Gasteiger partial charge >= 0.3 is 7.69 Å². The highest BCUT2D eigenvalue weighted by molar-refractivity contribution is 6.20. The van der Waals surface area contributed by atoms with Gasteiger partial charge in [-0.25, -0.2) is 0 Å². The van der Waals surface area contributed by atoms with Crippen molar-refractivity contribution >= 4 is 32.7 Å². The van der Waals surface area contributed by atoms with Gasteiger partial charge in [-0.1, -0.05) is 0 Å². The molecule has 0 aliphatic rings. The lowest BCUT2D eigenvalue weighted by molar-refractivity contribution is 0.386. The van der Waals surface area contributed by atoms with Crippen LogP contribution in [0.5, 0.6) is 11.5 Å².